The van der Waals surface area contributed by atoms with Crippen LogP contribution in [0.2, 0.25) is 0 Å². The third-order valence-corrected chi connectivity index (χ3v) is 8.23. The first kappa shape index (κ1) is 38.4. The maximum Gasteiger partial charge on any atom is -0.00489 e. The second kappa shape index (κ2) is 37.4. The van der Waals surface area contributed by atoms with Crippen LogP contribution in [-0.4, -0.2) is 13.1 Å². The fraction of sp³-hybridized carbons (Fsp3) is 0.895. The topological polar surface area (TPSA) is 12.0 Å². The lowest BCUT2D eigenvalue weighted by Gasteiger charge is -2.05. The smallest absolute Gasteiger partial charge is 0.00489 e. The van der Waals surface area contributed by atoms with Crippen LogP contribution in [0, 0.1) is 0 Å². The number of unbranched alkanes of at least 4 members (excludes halogenated alkanes) is 26. The van der Waals surface area contributed by atoms with Gasteiger partial charge in [-0.1, -0.05) is 167 Å². The van der Waals surface area contributed by atoms with Crippen molar-refractivity contribution in [2.75, 3.05) is 13.1 Å². The molecule has 0 aromatic carbocycles. The highest BCUT2D eigenvalue weighted by atomic mass is 14.8. The molecule has 0 aliphatic carbocycles. The zero-order valence-corrected chi connectivity index (χ0v) is 27.4. The molecule has 0 saturated heterocycles. The van der Waals surface area contributed by atoms with E-state index in [1.54, 1.807) is 0 Å². The first-order chi connectivity index (χ1) is 19.4. The van der Waals surface area contributed by atoms with Crippen molar-refractivity contribution in [1.82, 2.24) is 5.32 Å². The third-order valence-electron chi connectivity index (χ3n) is 8.23. The van der Waals surface area contributed by atoms with E-state index in [2.05, 4.69) is 43.5 Å². The van der Waals surface area contributed by atoms with E-state index in [1.807, 2.05) is 0 Å². The molecule has 0 unspecified atom stereocenters. The summed E-state index contributed by atoms with van der Waals surface area (Å²) in [6.07, 6.45) is 51.8. The number of hydrogen-bond donors (Lipinski definition) is 1. The molecule has 0 fully saturated rings. The Labute approximate surface area is 248 Å². The molecular weight excluding hydrogens is 470 g/mol. The highest BCUT2D eigenvalue weighted by Crippen LogP contribution is 2.12. The van der Waals surface area contributed by atoms with E-state index in [4.69, 9.17) is 0 Å². The average Bonchev–Trinajstić information content (AvgIpc) is 2.95. The van der Waals surface area contributed by atoms with Crippen LogP contribution >= 0.6 is 0 Å². The molecule has 1 N–H and O–H groups in total. The van der Waals surface area contributed by atoms with E-state index in [0.717, 1.165) is 0 Å². The SMILES string of the molecule is CCCCCCCC/C=C\CCCCCCCCCNCCCCCCCCC/C=C\CCCCCCCC. The van der Waals surface area contributed by atoms with Gasteiger partial charge >= 0.3 is 0 Å². The molecule has 0 bridgehead atoms. The second-order valence-corrected chi connectivity index (χ2v) is 12.3. The lowest BCUT2D eigenvalue weighted by atomic mass is 10.1. The molecule has 39 heavy (non-hydrogen) atoms. The fourth-order valence-electron chi connectivity index (χ4n) is 5.47. The van der Waals surface area contributed by atoms with Crippen molar-refractivity contribution in [2.24, 2.45) is 0 Å². The number of allylic oxidation sites excluding steroid dienone is 4. The Morgan fingerprint density at radius 2 is 0.513 bits per heavy atom. The summed E-state index contributed by atoms with van der Waals surface area (Å²) in [5.41, 5.74) is 0. The van der Waals surface area contributed by atoms with Crippen molar-refractivity contribution in [3.63, 3.8) is 0 Å². The molecule has 0 spiro atoms. The summed E-state index contributed by atoms with van der Waals surface area (Å²) in [7, 11) is 0. The van der Waals surface area contributed by atoms with Crippen LogP contribution in [0.4, 0.5) is 0 Å². The van der Waals surface area contributed by atoms with Crippen molar-refractivity contribution in [3.8, 4) is 0 Å². The number of nitrogens with one attached hydrogen (secondary N) is 1. The molecule has 0 rings (SSSR count). The molecular formula is C38H75N. The van der Waals surface area contributed by atoms with Crippen molar-refractivity contribution >= 4 is 0 Å². The molecule has 232 valence electrons. The van der Waals surface area contributed by atoms with Gasteiger partial charge in [0, 0.05) is 0 Å². The van der Waals surface area contributed by atoms with Crippen LogP contribution in [0.25, 0.3) is 0 Å². The third kappa shape index (κ3) is 37.4. The molecule has 0 heterocycles. The quantitative estimate of drug-likeness (QED) is 0.0626. The highest BCUT2D eigenvalue weighted by Gasteiger charge is 1.95. The largest absolute Gasteiger partial charge is 0.317 e. The highest BCUT2D eigenvalue weighted by molar-refractivity contribution is 4.82. The maximum atomic E-state index is 3.67. The van der Waals surface area contributed by atoms with E-state index in [-0.39, 0.29) is 0 Å². The molecule has 0 radical (unpaired) electrons. The Morgan fingerprint density at radius 3 is 0.795 bits per heavy atom. The predicted octanol–water partition coefficient (Wildman–Crippen LogP) is 13.4. The van der Waals surface area contributed by atoms with Gasteiger partial charge in [-0.25, -0.2) is 0 Å². The Bertz CT molecular complexity index is 423. The van der Waals surface area contributed by atoms with Gasteiger partial charge in [-0.15, -0.1) is 0 Å². The number of hydrogen-bond acceptors (Lipinski definition) is 1. The minimum atomic E-state index is 1.23. The molecule has 1 heteroatoms. The summed E-state index contributed by atoms with van der Waals surface area (Å²) in [5.74, 6) is 0. The molecule has 0 atom stereocenters. The van der Waals surface area contributed by atoms with Gasteiger partial charge in [0.25, 0.3) is 0 Å². The molecule has 0 aliphatic rings. The van der Waals surface area contributed by atoms with Crippen molar-refractivity contribution in [1.29, 1.82) is 0 Å². The van der Waals surface area contributed by atoms with Gasteiger partial charge in [-0.3, -0.25) is 0 Å². The summed E-state index contributed by atoms with van der Waals surface area (Å²) < 4.78 is 0. The van der Waals surface area contributed by atoms with Crippen LogP contribution in [-0.2, 0) is 0 Å². The zero-order chi connectivity index (χ0) is 28.2. The fourth-order valence-corrected chi connectivity index (χ4v) is 5.47. The van der Waals surface area contributed by atoms with Gasteiger partial charge in [-0.2, -0.15) is 0 Å². The van der Waals surface area contributed by atoms with Gasteiger partial charge in [-0.05, 0) is 77.3 Å². The average molecular weight is 546 g/mol. The van der Waals surface area contributed by atoms with Crippen molar-refractivity contribution in [2.45, 2.75) is 206 Å². The summed E-state index contributed by atoms with van der Waals surface area (Å²) in [6.45, 7) is 7.05. The van der Waals surface area contributed by atoms with Gasteiger partial charge < -0.3 is 5.32 Å². The summed E-state index contributed by atoms with van der Waals surface area (Å²) in [6, 6.07) is 0. The first-order valence-corrected chi connectivity index (χ1v) is 18.4. The van der Waals surface area contributed by atoms with Gasteiger partial charge in [0.1, 0.15) is 0 Å². The summed E-state index contributed by atoms with van der Waals surface area (Å²) >= 11 is 0. The van der Waals surface area contributed by atoms with Crippen LogP contribution in [0.15, 0.2) is 24.3 Å². The Kier molecular flexibility index (Phi) is 36.9. The van der Waals surface area contributed by atoms with E-state index in [9.17, 15) is 0 Å². The molecule has 0 saturated carbocycles. The molecule has 0 aromatic rings. The molecule has 1 nitrogen and oxygen atoms in total. The Hall–Kier alpha value is -0.560. The van der Waals surface area contributed by atoms with Crippen molar-refractivity contribution < 1.29 is 0 Å². The molecule has 0 aliphatic heterocycles. The van der Waals surface area contributed by atoms with E-state index < -0.39 is 0 Å². The Morgan fingerprint density at radius 1 is 0.282 bits per heavy atom. The standard InChI is InChI=1S/C38H75N/c1-3-5-7-9-11-13-15-17-19-21-23-25-27-29-31-33-35-37-39-38-36-34-32-30-28-26-24-22-20-18-16-14-12-10-8-6-4-2/h17-20,39H,3-16,21-38H2,1-2H3/b19-17-,20-18-. The van der Waals surface area contributed by atoms with Crippen molar-refractivity contribution in [3.05, 3.63) is 24.3 Å². The normalized spacial score (nSPS) is 11.9. The lowest BCUT2D eigenvalue weighted by Crippen LogP contribution is -2.16. The Balaban J connectivity index is 3.09. The molecule has 0 aromatic heterocycles. The van der Waals surface area contributed by atoms with E-state index in [1.165, 1.54) is 206 Å². The van der Waals surface area contributed by atoms with Crippen LogP contribution in [0.3, 0.4) is 0 Å². The van der Waals surface area contributed by atoms with Crippen LogP contribution in [0.1, 0.15) is 206 Å². The van der Waals surface area contributed by atoms with E-state index >= 15 is 0 Å². The van der Waals surface area contributed by atoms with E-state index in [0.29, 0.717) is 0 Å². The first-order valence-electron chi connectivity index (χ1n) is 18.4. The van der Waals surface area contributed by atoms with Gasteiger partial charge in [0.15, 0.2) is 0 Å². The zero-order valence-electron chi connectivity index (χ0n) is 27.4. The minimum absolute atomic E-state index is 1.23. The van der Waals surface area contributed by atoms with Gasteiger partial charge in [0.05, 0.1) is 0 Å². The summed E-state index contributed by atoms with van der Waals surface area (Å²) in [5, 5.41) is 3.67. The maximum absolute atomic E-state index is 3.67. The van der Waals surface area contributed by atoms with Crippen LogP contribution < -0.4 is 5.32 Å². The second-order valence-electron chi connectivity index (χ2n) is 12.3. The summed E-state index contributed by atoms with van der Waals surface area (Å²) in [4.78, 5) is 0. The minimum Gasteiger partial charge on any atom is -0.317 e. The monoisotopic (exact) mass is 546 g/mol. The number of rotatable bonds is 34. The van der Waals surface area contributed by atoms with Crippen LogP contribution in [0.5, 0.6) is 0 Å². The van der Waals surface area contributed by atoms with Gasteiger partial charge in [0.2, 0.25) is 0 Å². The molecule has 0 amide bonds. The lowest BCUT2D eigenvalue weighted by molar-refractivity contribution is 0.534. The predicted molar refractivity (Wildman–Crippen MR) is 181 cm³/mol.